The first kappa shape index (κ1) is 10.1. The minimum Gasteiger partial charge on any atom is -0.462 e. The molecule has 0 amide bonds. The summed E-state index contributed by atoms with van der Waals surface area (Å²) in [7, 11) is 0. The molecular weight excluding hydrogens is 266 g/mol. The van der Waals surface area contributed by atoms with Crippen LogP contribution in [0.3, 0.4) is 0 Å². The van der Waals surface area contributed by atoms with E-state index in [9.17, 15) is 14.9 Å². The molecule has 0 N–H and O–H groups in total. The predicted molar refractivity (Wildman–Crippen MR) is 54.8 cm³/mol. The number of carbonyl (C=O) groups excluding carboxylic acids is 1. The number of hydrogen-bond donors (Lipinski definition) is 0. The third-order valence-electron chi connectivity index (χ3n) is 2.22. The second-order valence-electron chi connectivity index (χ2n) is 3.07. The van der Waals surface area contributed by atoms with Crippen LogP contribution in [0.25, 0.3) is 0 Å². The number of rotatable bonds is 1. The first-order valence-corrected chi connectivity index (χ1v) is 5.03. The monoisotopic (exact) mass is 271 g/mol. The number of carbonyl (C=O) groups is 1. The molecule has 78 valence electrons. The van der Waals surface area contributed by atoms with Gasteiger partial charge in [-0.05, 0) is 28.1 Å². The average Bonchev–Trinajstić information content (AvgIpc) is 2.17. The molecule has 0 fully saturated rings. The van der Waals surface area contributed by atoms with E-state index in [1.807, 2.05) is 0 Å². The van der Waals surface area contributed by atoms with E-state index in [1.54, 1.807) is 0 Å². The maximum atomic E-state index is 11.3. The molecule has 0 aliphatic carbocycles. The van der Waals surface area contributed by atoms with Gasteiger partial charge in [-0.15, -0.1) is 0 Å². The van der Waals surface area contributed by atoms with Crippen LogP contribution < -0.4 is 0 Å². The molecule has 1 aromatic rings. The number of nitro benzene ring substituents is 1. The fourth-order valence-electron chi connectivity index (χ4n) is 1.57. The molecule has 0 radical (unpaired) electrons. The summed E-state index contributed by atoms with van der Waals surface area (Å²) in [5, 5.41) is 10.8. The number of nitrogens with zero attached hydrogens (tertiary/aromatic N) is 1. The lowest BCUT2D eigenvalue weighted by Gasteiger charge is -2.15. The van der Waals surface area contributed by atoms with Gasteiger partial charge in [0.25, 0.3) is 5.69 Å². The predicted octanol–water partition coefficient (Wildman–Crippen LogP) is 2.07. The van der Waals surface area contributed by atoms with E-state index < -0.39 is 10.9 Å². The van der Waals surface area contributed by atoms with Gasteiger partial charge in [-0.25, -0.2) is 4.79 Å². The van der Waals surface area contributed by atoms with Crippen molar-refractivity contribution in [3.8, 4) is 0 Å². The van der Waals surface area contributed by atoms with Gasteiger partial charge in [0, 0.05) is 12.0 Å². The van der Waals surface area contributed by atoms with E-state index in [2.05, 4.69) is 15.9 Å². The molecule has 5 nitrogen and oxygen atoms in total. The molecular formula is C9H6BrNO4. The molecule has 0 bridgehead atoms. The van der Waals surface area contributed by atoms with Crippen molar-refractivity contribution in [2.45, 2.75) is 6.42 Å². The number of cyclic esters (lactones) is 1. The second kappa shape index (κ2) is 3.62. The van der Waals surface area contributed by atoms with Crippen molar-refractivity contribution in [3.63, 3.8) is 0 Å². The molecule has 0 saturated carbocycles. The summed E-state index contributed by atoms with van der Waals surface area (Å²) in [5.41, 5.74) is 0.700. The minimum atomic E-state index is -0.494. The molecule has 2 rings (SSSR count). The number of fused-ring (bicyclic) bond motifs is 1. The lowest BCUT2D eigenvalue weighted by atomic mass is 10.0. The SMILES string of the molecule is O=C1OCCc2c1ccc(Br)c2[N+](=O)[O-]. The Morgan fingerprint density at radius 3 is 2.87 bits per heavy atom. The number of hydrogen-bond acceptors (Lipinski definition) is 4. The van der Waals surface area contributed by atoms with Gasteiger partial charge in [0.15, 0.2) is 0 Å². The third-order valence-corrected chi connectivity index (χ3v) is 2.86. The highest BCUT2D eigenvalue weighted by Crippen LogP contribution is 2.33. The van der Waals surface area contributed by atoms with Crippen molar-refractivity contribution in [3.05, 3.63) is 37.8 Å². The Balaban J connectivity index is 2.68. The van der Waals surface area contributed by atoms with Crippen molar-refractivity contribution in [2.75, 3.05) is 6.61 Å². The van der Waals surface area contributed by atoms with Gasteiger partial charge in [-0.1, -0.05) is 0 Å². The van der Waals surface area contributed by atoms with Crippen LogP contribution in [0.1, 0.15) is 15.9 Å². The zero-order chi connectivity index (χ0) is 11.0. The smallest absolute Gasteiger partial charge is 0.338 e. The minimum absolute atomic E-state index is 0.0378. The largest absolute Gasteiger partial charge is 0.462 e. The molecule has 1 heterocycles. The quantitative estimate of drug-likeness (QED) is 0.445. The molecule has 15 heavy (non-hydrogen) atoms. The first-order chi connectivity index (χ1) is 7.11. The maximum Gasteiger partial charge on any atom is 0.338 e. The van der Waals surface area contributed by atoms with E-state index in [4.69, 9.17) is 4.74 Å². The molecule has 0 spiro atoms. The maximum absolute atomic E-state index is 11.3. The van der Waals surface area contributed by atoms with Crippen LogP contribution >= 0.6 is 15.9 Å². The van der Waals surface area contributed by atoms with Gasteiger partial charge in [0.1, 0.15) is 0 Å². The van der Waals surface area contributed by atoms with E-state index in [0.29, 0.717) is 16.5 Å². The van der Waals surface area contributed by atoms with Gasteiger partial charge >= 0.3 is 5.97 Å². The van der Waals surface area contributed by atoms with Crippen LogP contribution in [-0.4, -0.2) is 17.5 Å². The van der Waals surface area contributed by atoms with Crippen LogP contribution in [0, 0.1) is 10.1 Å². The summed E-state index contributed by atoms with van der Waals surface area (Å²) < 4.78 is 5.19. The molecule has 1 aromatic carbocycles. The molecule has 6 heteroatoms. The Kier molecular flexibility index (Phi) is 2.44. The highest BCUT2D eigenvalue weighted by Gasteiger charge is 2.28. The Bertz CT molecular complexity index is 458. The Labute approximate surface area is 93.3 Å². The van der Waals surface area contributed by atoms with E-state index in [0.717, 1.165) is 0 Å². The fourth-order valence-corrected chi connectivity index (χ4v) is 2.09. The van der Waals surface area contributed by atoms with Crippen LogP contribution in [0.4, 0.5) is 5.69 Å². The van der Waals surface area contributed by atoms with Gasteiger partial charge in [0.2, 0.25) is 0 Å². The van der Waals surface area contributed by atoms with Gasteiger partial charge in [-0.3, -0.25) is 10.1 Å². The average molecular weight is 272 g/mol. The van der Waals surface area contributed by atoms with Gasteiger partial charge in [0.05, 0.1) is 21.6 Å². The molecule has 0 aromatic heterocycles. The standard InChI is InChI=1S/C9H6BrNO4/c10-7-2-1-6-5(8(7)11(13)14)3-4-15-9(6)12/h1-2H,3-4H2. The van der Waals surface area contributed by atoms with Gasteiger partial charge in [-0.2, -0.15) is 0 Å². The summed E-state index contributed by atoms with van der Waals surface area (Å²) in [4.78, 5) is 21.7. The zero-order valence-corrected chi connectivity index (χ0v) is 9.11. The van der Waals surface area contributed by atoms with Gasteiger partial charge < -0.3 is 4.74 Å². The number of nitro groups is 1. The molecule has 0 atom stereocenters. The number of esters is 1. The summed E-state index contributed by atoms with van der Waals surface area (Å²) in [6.07, 6.45) is 0.386. The summed E-state index contributed by atoms with van der Waals surface area (Å²) in [5.74, 6) is -0.494. The highest BCUT2D eigenvalue weighted by atomic mass is 79.9. The van der Waals surface area contributed by atoms with Crippen LogP contribution in [0.5, 0.6) is 0 Å². The van der Waals surface area contributed by atoms with E-state index >= 15 is 0 Å². The Morgan fingerprint density at radius 2 is 2.20 bits per heavy atom. The zero-order valence-electron chi connectivity index (χ0n) is 7.53. The highest BCUT2D eigenvalue weighted by molar-refractivity contribution is 9.10. The van der Waals surface area contributed by atoms with Crippen LogP contribution in [0.2, 0.25) is 0 Å². The van der Waals surface area contributed by atoms with Crippen molar-refractivity contribution in [1.29, 1.82) is 0 Å². The molecule has 1 aliphatic rings. The molecule has 0 saturated heterocycles. The lowest BCUT2D eigenvalue weighted by molar-refractivity contribution is -0.386. The molecule has 1 aliphatic heterocycles. The second-order valence-corrected chi connectivity index (χ2v) is 3.92. The van der Waals surface area contributed by atoms with Crippen LogP contribution in [0.15, 0.2) is 16.6 Å². The Morgan fingerprint density at radius 1 is 1.47 bits per heavy atom. The van der Waals surface area contributed by atoms with Crippen molar-refractivity contribution < 1.29 is 14.5 Å². The fraction of sp³-hybridized carbons (Fsp3) is 0.222. The summed E-state index contributed by atoms with van der Waals surface area (Å²) in [6.45, 7) is 0.198. The molecule has 0 unspecified atom stereocenters. The van der Waals surface area contributed by atoms with E-state index in [1.165, 1.54) is 12.1 Å². The van der Waals surface area contributed by atoms with Crippen molar-refractivity contribution >= 4 is 27.6 Å². The van der Waals surface area contributed by atoms with Crippen molar-refractivity contribution in [2.24, 2.45) is 0 Å². The third kappa shape index (κ3) is 1.61. The van der Waals surface area contributed by atoms with Crippen molar-refractivity contribution in [1.82, 2.24) is 0 Å². The lowest BCUT2D eigenvalue weighted by Crippen LogP contribution is -2.19. The number of halogens is 1. The van der Waals surface area contributed by atoms with Crippen LogP contribution in [-0.2, 0) is 11.2 Å². The topological polar surface area (TPSA) is 69.4 Å². The first-order valence-electron chi connectivity index (χ1n) is 4.24. The number of ether oxygens (including phenoxy) is 1. The Hall–Kier alpha value is -1.43. The number of benzene rings is 1. The summed E-state index contributed by atoms with van der Waals surface area (Å²) in [6, 6.07) is 3.03. The normalized spacial score (nSPS) is 14.3. The summed E-state index contributed by atoms with van der Waals surface area (Å²) >= 11 is 3.10. The van der Waals surface area contributed by atoms with E-state index in [-0.39, 0.29) is 17.9 Å².